The van der Waals surface area contributed by atoms with Crippen LogP contribution >= 0.6 is 15.9 Å². The van der Waals surface area contributed by atoms with Crippen molar-refractivity contribution in [1.82, 2.24) is 4.98 Å². The van der Waals surface area contributed by atoms with E-state index in [4.69, 9.17) is 0 Å². The molecule has 1 rings (SSSR count). The maximum Gasteiger partial charge on any atom is 0.384 e. The zero-order valence-corrected chi connectivity index (χ0v) is 10.6. The van der Waals surface area contributed by atoms with Gasteiger partial charge >= 0.3 is 11.8 Å². The highest BCUT2D eigenvalue weighted by Gasteiger charge is 2.29. The topological polar surface area (TPSA) is 82.3 Å². The molecule has 0 aromatic carbocycles. The van der Waals surface area contributed by atoms with Crippen molar-refractivity contribution in [2.75, 3.05) is 6.61 Å². The zero-order chi connectivity index (χ0) is 13.9. The molecule has 0 aliphatic carbocycles. The lowest BCUT2D eigenvalue weighted by molar-refractivity contribution is -0.389. The number of rotatable bonds is 4. The van der Waals surface area contributed by atoms with Gasteiger partial charge in [-0.25, -0.2) is 13.6 Å². The van der Waals surface area contributed by atoms with E-state index in [-0.39, 0.29) is 11.1 Å². The van der Waals surface area contributed by atoms with Crippen LogP contribution in [0.4, 0.5) is 14.6 Å². The Labute approximate surface area is 108 Å². The number of halogens is 3. The van der Waals surface area contributed by atoms with E-state index in [1.165, 1.54) is 6.92 Å². The minimum Gasteiger partial charge on any atom is -0.460 e. The highest BCUT2D eigenvalue weighted by molar-refractivity contribution is 9.10. The normalized spacial score (nSPS) is 10.5. The molecule has 0 fully saturated rings. The molecule has 1 aromatic rings. The highest BCUT2D eigenvalue weighted by Crippen LogP contribution is 2.32. The molecule has 98 valence electrons. The van der Waals surface area contributed by atoms with Gasteiger partial charge in [-0.15, -0.1) is 0 Å². The van der Waals surface area contributed by atoms with Crippen LogP contribution in [0.5, 0.6) is 0 Å². The van der Waals surface area contributed by atoms with Crippen molar-refractivity contribution >= 4 is 27.7 Å². The van der Waals surface area contributed by atoms with Crippen LogP contribution < -0.4 is 0 Å². The first-order valence-corrected chi connectivity index (χ1v) is 5.47. The van der Waals surface area contributed by atoms with E-state index in [1.807, 2.05) is 0 Å². The standard InChI is InChI=1S/C9H7BrF2N2O4/c1-2-18-9(15)7-6(10)4(8(11)12)3-5(13-7)14(16)17/h3,8H,2H2,1H3. The third kappa shape index (κ3) is 2.97. The average molecular weight is 325 g/mol. The number of aromatic nitrogens is 1. The van der Waals surface area contributed by atoms with Crippen LogP contribution in [0.15, 0.2) is 10.5 Å². The number of esters is 1. The quantitative estimate of drug-likeness (QED) is 0.483. The van der Waals surface area contributed by atoms with Gasteiger partial charge < -0.3 is 14.9 Å². The number of hydrogen-bond donors (Lipinski definition) is 0. The Morgan fingerprint density at radius 3 is 2.72 bits per heavy atom. The van der Waals surface area contributed by atoms with E-state index in [0.717, 1.165) is 0 Å². The van der Waals surface area contributed by atoms with E-state index >= 15 is 0 Å². The van der Waals surface area contributed by atoms with E-state index in [9.17, 15) is 23.7 Å². The molecule has 0 spiro atoms. The summed E-state index contributed by atoms with van der Waals surface area (Å²) in [6, 6.07) is 0.609. The molecule has 1 heterocycles. The molecule has 0 aliphatic rings. The van der Waals surface area contributed by atoms with Crippen molar-refractivity contribution in [2.45, 2.75) is 13.3 Å². The number of nitro groups is 1. The Morgan fingerprint density at radius 1 is 1.67 bits per heavy atom. The first kappa shape index (κ1) is 14.4. The molecular formula is C9H7BrF2N2O4. The smallest absolute Gasteiger partial charge is 0.384 e. The molecule has 0 bridgehead atoms. The molecule has 0 saturated carbocycles. The van der Waals surface area contributed by atoms with E-state index in [1.54, 1.807) is 0 Å². The summed E-state index contributed by atoms with van der Waals surface area (Å²) in [5.74, 6) is -1.84. The van der Waals surface area contributed by atoms with Crippen molar-refractivity contribution in [3.05, 3.63) is 31.9 Å². The fraction of sp³-hybridized carbons (Fsp3) is 0.333. The summed E-state index contributed by atoms with van der Waals surface area (Å²) in [5.41, 5.74) is -1.22. The minimum atomic E-state index is -2.98. The Morgan fingerprint density at radius 2 is 2.28 bits per heavy atom. The highest BCUT2D eigenvalue weighted by atomic mass is 79.9. The molecular weight excluding hydrogens is 318 g/mol. The summed E-state index contributed by atoms with van der Waals surface area (Å²) in [6.07, 6.45) is -2.98. The molecule has 1 aromatic heterocycles. The second-order valence-corrected chi connectivity index (χ2v) is 3.80. The Hall–Kier alpha value is -1.64. The van der Waals surface area contributed by atoms with Gasteiger partial charge in [-0.05, 0) is 32.8 Å². The number of carbonyl (C=O) groups excluding carboxylic acids is 1. The molecule has 9 heteroatoms. The molecule has 18 heavy (non-hydrogen) atoms. The van der Waals surface area contributed by atoms with E-state index in [2.05, 4.69) is 25.7 Å². The van der Waals surface area contributed by atoms with Gasteiger partial charge in [0, 0.05) is 11.6 Å². The molecule has 0 unspecified atom stereocenters. The largest absolute Gasteiger partial charge is 0.460 e. The van der Waals surface area contributed by atoms with Gasteiger partial charge in [-0.2, -0.15) is 0 Å². The molecule has 6 nitrogen and oxygen atoms in total. The predicted molar refractivity (Wildman–Crippen MR) is 59.5 cm³/mol. The molecule has 0 aliphatic heterocycles. The van der Waals surface area contributed by atoms with Crippen molar-refractivity contribution in [1.29, 1.82) is 0 Å². The lowest BCUT2D eigenvalue weighted by atomic mass is 10.2. The summed E-state index contributed by atoms with van der Waals surface area (Å²) in [5, 5.41) is 10.6. The number of nitrogens with zero attached hydrogens (tertiary/aromatic N) is 2. The lowest BCUT2D eigenvalue weighted by Gasteiger charge is -2.05. The molecule has 0 amide bonds. The van der Waals surface area contributed by atoms with Gasteiger partial charge in [-0.1, -0.05) is 0 Å². The van der Waals surface area contributed by atoms with Gasteiger partial charge in [-0.3, -0.25) is 0 Å². The first-order chi connectivity index (χ1) is 8.38. The minimum absolute atomic E-state index is 0.000340. The van der Waals surface area contributed by atoms with Crippen LogP contribution in [0, 0.1) is 10.1 Å². The van der Waals surface area contributed by atoms with E-state index < -0.39 is 34.4 Å². The fourth-order valence-corrected chi connectivity index (χ4v) is 1.66. The maximum absolute atomic E-state index is 12.7. The van der Waals surface area contributed by atoms with Crippen LogP contribution in [0.1, 0.15) is 29.4 Å². The summed E-state index contributed by atoms with van der Waals surface area (Å²) < 4.78 is 29.6. The fourth-order valence-electron chi connectivity index (χ4n) is 1.12. The van der Waals surface area contributed by atoms with Crippen LogP contribution in [0.25, 0.3) is 0 Å². The molecule has 0 N–H and O–H groups in total. The summed E-state index contributed by atoms with van der Waals surface area (Å²) >= 11 is 2.77. The molecule has 0 radical (unpaired) electrons. The first-order valence-electron chi connectivity index (χ1n) is 4.68. The maximum atomic E-state index is 12.7. The number of carbonyl (C=O) groups is 1. The number of alkyl halides is 2. The van der Waals surface area contributed by atoms with Crippen molar-refractivity contribution in [3.63, 3.8) is 0 Å². The van der Waals surface area contributed by atoms with Crippen LogP contribution in [0.3, 0.4) is 0 Å². The van der Waals surface area contributed by atoms with Gasteiger partial charge in [0.2, 0.25) is 0 Å². The lowest BCUT2D eigenvalue weighted by Crippen LogP contribution is -2.11. The molecule has 0 saturated heterocycles. The predicted octanol–water partition coefficient (Wildman–Crippen LogP) is 2.87. The van der Waals surface area contributed by atoms with Crippen LogP contribution in [0.2, 0.25) is 0 Å². The van der Waals surface area contributed by atoms with Crippen molar-refractivity contribution in [3.8, 4) is 0 Å². The summed E-state index contributed by atoms with van der Waals surface area (Å²) in [7, 11) is 0. The van der Waals surface area contributed by atoms with Gasteiger partial charge in [0.05, 0.1) is 11.1 Å². The number of ether oxygens (including phenoxy) is 1. The van der Waals surface area contributed by atoms with Gasteiger partial charge in [0.25, 0.3) is 12.1 Å². The number of hydrogen-bond acceptors (Lipinski definition) is 5. The zero-order valence-electron chi connectivity index (χ0n) is 9.02. The Kier molecular flexibility index (Phi) is 4.65. The second kappa shape index (κ2) is 5.80. The van der Waals surface area contributed by atoms with Crippen molar-refractivity contribution in [2.24, 2.45) is 0 Å². The Balaban J connectivity index is 3.40. The summed E-state index contributed by atoms with van der Waals surface area (Å²) in [4.78, 5) is 24.4. The van der Waals surface area contributed by atoms with Gasteiger partial charge in [0.1, 0.15) is 0 Å². The Bertz CT molecular complexity index is 496. The number of pyridine rings is 1. The third-order valence-electron chi connectivity index (χ3n) is 1.86. The van der Waals surface area contributed by atoms with Crippen molar-refractivity contribution < 1.29 is 23.2 Å². The average Bonchev–Trinajstić information content (AvgIpc) is 2.28. The van der Waals surface area contributed by atoms with Gasteiger partial charge in [0.15, 0.2) is 0 Å². The monoisotopic (exact) mass is 324 g/mol. The third-order valence-corrected chi connectivity index (χ3v) is 2.70. The van der Waals surface area contributed by atoms with Crippen LogP contribution in [-0.4, -0.2) is 22.5 Å². The molecule has 0 atom stereocenters. The van der Waals surface area contributed by atoms with E-state index in [0.29, 0.717) is 6.07 Å². The SMILES string of the molecule is CCOC(=O)c1nc([N+](=O)[O-])cc(C(F)F)c1Br. The summed E-state index contributed by atoms with van der Waals surface area (Å²) in [6.45, 7) is 1.51. The van der Waals surface area contributed by atoms with Crippen LogP contribution in [-0.2, 0) is 4.74 Å². The second-order valence-electron chi connectivity index (χ2n) is 3.01.